The van der Waals surface area contributed by atoms with Gasteiger partial charge in [-0.05, 0) is 37.8 Å². The fraction of sp³-hybridized carbons (Fsp3) is 0.500. The second-order valence-corrected chi connectivity index (χ2v) is 3.81. The van der Waals surface area contributed by atoms with Gasteiger partial charge in [-0.1, -0.05) is 18.6 Å². The van der Waals surface area contributed by atoms with Gasteiger partial charge in [-0.2, -0.15) is 0 Å². The molecule has 0 aromatic heterocycles. The number of para-hydroxylation sites is 1. The van der Waals surface area contributed by atoms with E-state index in [4.69, 9.17) is 4.74 Å². The molecular formula is C12H15FO. The van der Waals surface area contributed by atoms with Gasteiger partial charge in [0.25, 0.3) is 0 Å². The number of hydrogen-bond donors (Lipinski definition) is 0. The van der Waals surface area contributed by atoms with Crippen molar-refractivity contribution in [3.05, 3.63) is 30.1 Å². The Bertz CT molecular complexity index is 292. The van der Waals surface area contributed by atoms with Gasteiger partial charge < -0.3 is 4.74 Å². The van der Waals surface area contributed by atoms with Crippen molar-refractivity contribution in [1.29, 1.82) is 0 Å². The highest BCUT2D eigenvalue weighted by atomic mass is 19.1. The predicted molar refractivity (Wildman–Crippen MR) is 53.9 cm³/mol. The first kappa shape index (κ1) is 9.50. The maximum Gasteiger partial charge on any atom is 0.165 e. The summed E-state index contributed by atoms with van der Waals surface area (Å²) >= 11 is 0. The van der Waals surface area contributed by atoms with Crippen molar-refractivity contribution in [1.82, 2.24) is 0 Å². The molecule has 0 heterocycles. The minimum atomic E-state index is -0.252. The van der Waals surface area contributed by atoms with Crippen LogP contribution < -0.4 is 4.74 Å². The third-order valence-corrected chi connectivity index (χ3v) is 2.68. The molecule has 76 valence electrons. The third-order valence-electron chi connectivity index (χ3n) is 2.68. The highest BCUT2D eigenvalue weighted by Crippen LogP contribution is 2.24. The summed E-state index contributed by atoms with van der Waals surface area (Å²) in [6, 6.07) is 6.63. The molecular weight excluding hydrogens is 179 g/mol. The Morgan fingerprint density at radius 2 is 1.79 bits per heavy atom. The fourth-order valence-corrected chi connectivity index (χ4v) is 1.90. The largest absolute Gasteiger partial charge is 0.487 e. The Morgan fingerprint density at radius 1 is 1.07 bits per heavy atom. The van der Waals surface area contributed by atoms with Gasteiger partial charge >= 0.3 is 0 Å². The Hall–Kier alpha value is -1.05. The van der Waals surface area contributed by atoms with E-state index in [1.165, 1.54) is 25.3 Å². The van der Waals surface area contributed by atoms with Crippen LogP contribution in [0, 0.1) is 5.82 Å². The van der Waals surface area contributed by atoms with Gasteiger partial charge in [0, 0.05) is 0 Å². The molecule has 0 atom stereocenters. The van der Waals surface area contributed by atoms with E-state index in [2.05, 4.69) is 0 Å². The van der Waals surface area contributed by atoms with E-state index in [0.717, 1.165) is 12.8 Å². The molecule has 0 saturated heterocycles. The monoisotopic (exact) mass is 194 g/mol. The van der Waals surface area contributed by atoms with Gasteiger partial charge in [0.2, 0.25) is 0 Å². The second kappa shape index (κ2) is 4.45. The Kier molecular flexibility index (Phi) is 3.02. The lowest BCUT2D eigenvalue weighted by molar-refractivity contribution is 0.148. The van der Waals surface area contributed by atoms with Crippen LogP contribution in [0.5, 0.6) is 5.75 Å². The first-order valence-corrected chi connectivity index (χ1v) is 5.27. The minimum absolute atomic E-state index is 0.223. The summed E-state index contributed by atoms with van der Waals surface area (Å²) in [7, 11) is 0. The molecule has 0 unspecified atom stereocenters. The maximum absolute atomic E-state index is 13.2. The molecule has 0 amide bonds. The highest BCUT2D eigenvalue weighted by Gasteiger charge is 2.15. The molecule has 2 rings (SSSR count). The molecule has 1 aromatic rings. The highest BCUT2D eigenvalue weighted by molar-refractivity contribution is 5.23. The molecule has 14 heavy (non-hydrogen) atoms. The standard InChI is InChI=1S/C12H15FO/c13-11-8-4-5-9-12(11)14-10-6-2-1-3-7-10/h4-5,8-10H,1-3,6-7H2. The quantitative estimate of drug-likeness (QED) is 0.699. The van der Waals surface area contributed by atoms with Crippen LogP contribution in [0.3, 0.4) is 0 Å². The topological polar surface area (TPSA) is 9.23 Å². The van der Waals surface area contributed by atoms with Crippen molar-refractivity contribution in [2.24, 2.45) is 0 Å². The first-order chi connectivity index (χ1) is 6.86. The van der Waals surface area contributed by atoms with Gasteiger partial charge in [0.05, 0.1) is 6.10 Å². The Balaban J connectivity index is 1.99. The number of benzene rings is 1. The van der Waals surface area contributed by atoms with E-state index in [-0.39, 0.29) is 11.9 Å². The molecule has 0 N–H and O–H groups in total. The van der Waals surface area contributed by atoms with E-state index in [9.17, 15) is 4.39 Å². The number of hydrogen-bond acceptors (Lipinski definition) is 1. The third kappa shape index (κ3) is 2.25. The van der Waals surface area contributed by atoms with Crippen molar-refractivity contribution in [2.45, 2.75) is 38.2 Å². The minimum Gasteiger partial charge on any atom is -0.487 e. The summed E-state index contributed by atoms with van der Waals surface area (Å²) in [5.41, 5.74) is 0. The van der Waals surface area contributed by atoms with E-state index in [1.54, 1.807) is 18.2 Å². The van der Waals surface area contributed by atoms with E-state index in [0.29, 0.717) is 5.75 Å². The van der Waals surface area contributed by atoms with Crippen molar-refractivity contribution < 1.29 is 9.13 Å². The van der Waals surface area contributed by atoms with Crippen LogP contribution in [0.25, 0.3) is 0 Å². The van der Waals surface area contributed by atoms with Crippen LogP contribution in [0.1, 0.15) is 32.1 Å². The zero-order valence-corrected chi connectivity index (χ0v) is 8.21. The fourth-order valence-electron chi connectivity index (χ4n) is 1.90. The van der Waals surface area contributed by atoms with Crippen LogP contribution in [0.4, 0.5) is 4.39 Å². The SMILES string of the molecule is Fc1ccccc1OC1CCCCC1. The predicted octanol–water partition coefficient (Wildman–Crippen LogP) is 3.54. The molecule has 0 bridgehead atoms. The molecule has 1 nitrogen and oxygen atoms in total. The average Bonchev–Trinajstić information content (AvgIpc) is 2.23. The maximum atomic E-state index is 13.2. The van der Waals surface area contributed by atoms with Crippen molar-refractivity contribution in [3.8, 4) is 5.75 Å². The molecule has 1 aliphatic carbocycles. The molecule has 1 fully saturated rings. The van der Waals surface area contributed by atoms with Gasteiger partial charge in [-0.15, -0.1) is 0 Å². The molecule has 1 aromatic carbocycles. The molecule has 0 aliphatic heterocycles. The van der Waals surface area contributed by atoms with Crippen LogP contribution in [-0.2, 0) is 0 Å². The summed E-state index contributed by atoms with van der Waals surface area (Å²) in [5.74, 6) is 0.150. The number of halogens is 1. The van der Waals surface area contributed by atoms with Gasteiger partial charge in [0.1, 0.15) is 0 Å². The van der Waals surface area contributed by atoms with E-state index in [1.807, 2.05) is 0 Å². The summed E-state index contributed by atoms with van der Waals surface area (Å²) < 4.78 is 18.8. The van der Waals surface area contributed by atoms with Gasteiger partial charge in [-0.3, -0.25) is 0 Å². The molecule has 1 aliphatic rings. The summed E-state index contributed by atoms with van der Waals surface area (Å²) in [4.78, 5) is 0. The Morgan fingerprint density at radius 3 is 2.50 bits per heavy atom. The number of rotatable bonds is 2. The lowest BCUT2D eigenvalue weighted by Gasteiger charge is -2.23. The molecule has 1 saturated carbocycles. The normalized spacial score (nSPS) is 18.1. The molecule has 0 spiro atoms. The van der Waals surface area contributed by atoms with Crippen molar-refractivity contribution in [2.75, 3.05) is 0 Å². The smallest absolute Gasteiger partial charge is 0.165 e. The van der Waals surface area contributed by atoms with Crippen molar-refractivity contribution >= 4 is 0 Å². The van der Waals surface area contributed by atoms with Crippen LogP contribution in [0.15, 0.2) is 24.3 Å². The van der Waals surface area contributed by atoms with E-state index >= 15 is 0 Å². The average molecular weight is 194 g/mol. The summed E-state index contributed by atoms with van der Waals surface area (Å²) in [6.07, 6.45) is 6.05. The van der Waals surface area contributed by atoms with E-state index < -0.39 is 0 Å². The lowest BCUT2D eigenvalue weighted by atomic mass is 9.98. The van der Waals surface area contributed by atoms with Crippen molar-refractivity contribution in [3.63, 3.8) is 0 Å². The van der Waals surface area contributed by atoms with Gasteiger partial charge in [-0.25, -0.2) is 4.39 Å². The van der Waals surface area contributed by atoms with Crippen LogP contribution in [0.2, 0.25) is 0 Å². The zero-order valence-electron chi connectivity index (χ0n) is 8.21. The first-order valence-electron chi connectivity index (χ1n) is 5.27. The molecule has 2 heteroatoms. The van der Waals surface area contributed by atoms with Gasteiger partial charge in [0.15, 0.2) is 11.6 Å². The zero-order chi connectivity index (χ0) is 9.80. The summed E-state index contributed by atoms with van der Waals surface area (Å²) in [6.45, 7) is 0. The second-order valence-electron chi connectivity index (χ2n) is 3.81. The number of ether oxygens (including phenoxy) is 1. The lowest BCUT2D eigenvalue weighted by Crippen LogP contribution is -2.20. The summed E-state index contributed by atoms with van der Waals surface area (Å²) in [5, 5.41) is 0. The van der Waals surface area contributed by atoms with Crippen LogP contribution in [-0.4, -0.2) is 6.10 Å². The molecule has 0 radical (unpaired) electrons. The Labute approximate surface area is 83.9 Å². The van der Waals surface area contributed by atoms with Crippen LogP contribution >= 0.6 is 0 Å².